The number of hydrogen-bond donors (Lipinski definition) is 0. The fourth-order valence-corrected chi connectivity index (χ4v) is 2.40. The van der Waals surface area contributed by atoms with E-state index in [9.17, 15) is 0 Å². The maximum absolute atomic E-state index is 15.0. The predicted molar refractivity (Wildman–Crippen MR) is 69.2 cm³/mol. The third-order valence-electron chi connectivity index (χ3n) is 3.35. The van der Waals surface area contributed by atoms with Gasteiger partial charge >= 0.3 is 0 Å². The molecule has 0 atom stereocenters. The highest BCUT2D eigenvalue weighted by molar-refractivity contribution is 5.29. The fraction of sp³-hybridized carbons (Fsp3) is 0.643. The Balaban J connectivity index is 2.35. The summed E-state index contributed by atoms with van der Waals surface area (Å²) in [5, 5.41) is 0. The average molecular weight is 252 g/mol. The first-order valence-electron chi connectivity index (χ1n) is 6.40. The van der Waals surface area contributed by atoms with Gasteiger partial charge in [0.1, 0.15) is 5.67 Å². The van der Waals surface area contributed by atoms with Crippen molar-refractivity contribution in [1.29, 1.82) is 0 Å². The summed E-state index contributed by atoms with van der Waals surface area (Å²) in [6, 6.07) is 3.79. The number of pyridine rings is 1. The standard InChI is InChI=1S/C14H21FN2O/c1-11-4-5-12(13(16-11)10-17(2)3)14(15)6-8-18-9-7-14/h4-5H,6-10H2,1-3H3. The highest BCUT2D eigenvalue weighted by Gasteiger charge is 2.36. The van der Waals surface area contributed by atoms with Gasteiger partial charge in [0.05, 0.1) is 5.69 Å². The summed E-state index contributed by atoms with van der Waals surface area (Å²) in [4.78, 5) is 6.53. The lowest BCUT2D eigenvalue weighted by Gasteiger charge is -2.31. The van der Waals surface area contributed by atoms with E-state index in [1.807, 2.05) is 38.1 Å². The number of nitrogens with zero attached hydrogens (tertiary/aromatic N) is 2. The Morgan fingerprint density at radius 3 is 2.61 bits per heavy atom. The van der Waals surface area contributed by atoms with Crippen LogP contribution in [0.3, 0.4) is 0 Å². The molecule has 0 unspecified atom stereocenters. The minimum atomic E-state index is -1.27. The lowest BCUT2D eigenvalue weighted by molar-refractivity contribution is -0.0124. The van der Waals surface area contributed by atoms with E-state index in [-0.39, 0.29) is 0 Å². The summed E-state index contributed by atoms with van der Waals surface area (Å²) in [5.74, 6) is 0. The zero-order chi connectivity index (χ0) is 13.2. The highest BCUT2D eigenvalue weighted by atomic mass is 19.1. The Labute approximate surface area is 108 Å². The molecule has 100 valence electrons. The van der Waals surface area contributed by atoms with Crippen LogP contribution >= 0.6 is 0 Å². The molecule has 3 nitrogen and oxygen atoms in total. The van der Waals surface area contributed by atoms with Crippen LogP contribution in [0, 0.1) is 6.92 Å². The Morgan fingerprint density at radius 1 is 1.33 bits per heavy atom. The average Bonchev–Trinajstić information content (AvgIpc) is 2.28. The first-order chi connectivity index (χ1) is 8.51. The van der Waals surface area contributed by atoms with Crippen molar-refractivity contribution in [2.24, 2.45) is 0 Å². The molecule has 1 fully saturated rings. The van der Waals surface area contributed by atoms with Crippen LogP contribution in [0.1, 0.15) is 29.8 Å². The molecule has 0 N–H and O–H groups in total. The number of rotatable bonds is 3. The molecular formula is C14H21FN2O. The van der Waals surface area contributed by atoms with Crippen molar-refractivity contribution in [2.75, 3.05) is 27.3 Å². The van der Waals surface area contributed by atoms with Crippen LogP contribution in [0.4, 0.5) is 4.39 Å². The second kappa shape index (κ2) is 5.33. The summed E-state index contributed by atoms with van der Waals surface area (Å²) < 4.78 is 20.3. The molecule has 0 aliphatic carbocycles. The van der Waals surface area contributed by atoms with Crippen molar-refractivity contribution in [3.05, 3.63) is 29.1 Å². The van der Waals surface area contributed by atoms with Gasteiger partial charge in [0.25, 0.3) is 0 Å². The summed E-state index contributed by atoms with van der Waals surface area (Å²) in [7, 11) is 3.95. The predicted octanol–water partition coefficient (Wildman–Crippen LogP) is 2.43. The van der Waals surface area contributed by atoms with Crippen molar-refractivity contribution in [2.45, 2.75) is 32.0 Å². The van der Waals surface area contributed by atoms with Gasteiger partial charge in [0.15, 0.2) is 0 Å². The first kappa shape index (κ1) is 13.4. The molecule has 0 bridgehead atoms. The van der Waals surface area contributed by atoms with Gasteiger partial charge in [-0.2, -0.15) is 0 Å². The van der Waals surface area contributed by atoms with Gasteiger partial charge in [0.2, 0.25) is 0 Å². The van der Waals surface area contributed by atoms with Crippen molar-refractivity contribution in [1.82, 2.24) is 9.88 Å². The minimum Gasteiger partial charge on any atom is -0.381 e. The summed E-state index contributed by atoms with van der Waals surface area (Å²) in [5.41, 5.74) is 1.25. The topological polar surface area (TPSA) is 25.4 Å². The zero-order valence-corrected chi connectivity index (χ0v) is 11.4. The molecule has 1 aliphatic rings. The van der Waals surface area contributed by atoms with Crippen molar-refractivity contribution in [3.63, 3.8) is 0 Å². The molecular weight excluding hydrogens is 231 g/mol. The van der Waals surface area contributed by atoms with Gasteiger partial charge in [-0.25, -0.2) is 4.39 Å². The molecule has 0 spiro atoms. The Hall–Kier alpha value is -1.00. The number of hydrogen-bond acceptors (Lipinski definition) is 3. The van der Waals surface area contributed by atoms with Gasteiger partial charge in [0, 0.05) is 43.9 Å². The van der Waals surface area contributed by atoms with E-state index in [4.69, 9.17) is 4.74 Å². The van der Waals surface area contributed by atoms with Crippen molar-refractivity contribution < 1.29 is 9.13 Å². The Bertz CT molecular complexity index is 414. The van der Waals surface area contributed by atoms with Crippen LogP contribution in [0.15, 0.2) is 12.1 Å². The van der Waals surface area contributed by atoms with Gasteiger partial charge in [-0.15, -0.1) is 0 Å². The molecule has 0 amide bonds. The van der Waals surface area contributed by atoms with E-state index >= 15 is 4.39 Å². The number of aryl methyl sites for hydroxylation is 1. The third kappa shape index (κ3) is 2.87. The third-order valence-corrected chi connectivity index (χ3v) is 3.35. The molecule has 0 aromatic carbocycles. The summed E-state index contributed by atoms with van der Waals surface area (Å²) >= 11 is 0. The van der Waals surface area contributed by atoms with Gasteiger partial charge in [-0.3, -0.25) is 4.98 Å². The zero-order valence-electron chi connectivity index (χ0n) is 11.4. The molecule has 2 heterocycles. The molecule has 0 radical (unpaired) electrons. The van der Waals surface area contributed by atoms with E-state index in [1.54, 1.807) is 0 Å². The Morgan fingerprint density at radius 2 is 2.00 bits per heavy atom. The normalized spacial score (nSPS) is 19.2. The molecule has 18 heavy (non-hydrogen) atoms. The maximum Gasteiger partial charge on any atom is 0.142 e. The van der Waals surface area contributed by atoms with E-state index < -0.39 is 5.67 Å². The van der Waals surface area contributed by atoms with Gasteiger partial charge in [-0.1, -0.05) is 6.07 Å². The highest BCUT2D eigenvalue weighted by Crippen LogP contribution is 2.37. The number of alkyl halides is 1. The lowest BCUT2D eigenvalue weighted by Crippen LogP contribution is -2.31. The largest absolute Gasteiger partial charge is 0.381 e. The fourth-order valence-electron chi connectivity index (χ4n) is 2.40. The van der Waals surface area contributed by atoms with Crippen LogP contribution in [0.5, 0.6) is 0 Å². The molecule has 1 saturated heterocycles. The monoisotopic (exact) mass is 252 g/mol. The Kier molecular flexibility index (Phi) is 3.97. The number of halogens is 1. The van der Waals surface area contributed by atoms with Gasteiger partial charge in [-0.05, 0) is 27.1 Å². The van der Waals surface area contributed by atoms with Crippen molar-refractivity contribution >= 4 is 0 Å². The second-order valence-corrected chi connectivity index (χ2v) is 5.26. The first-order valence-corrected chi connectivity index (χ1v) is 6.40. The molecule has 1 aromatic rings. The maximum atomic E-state index is 15.0. The van der Waals surface area contributed by atoms with E-state index in [0.717, 1.165) is 17.0 Å². The minimum absolute atomic E-state index is 0.429. The van der Waals surface area contributed by atoms with Crippen LogP contribution in [0.2, 0.25) is 0 Å². The van der Waals surface area contributed by atoms with E-state index in [2.05, 4.69) is 4.98 Å². The summed E-state index contributed by atoms with van der Waals surface area (Å²) in [6.07, 6.45) is 0.857. The second-order valence-electron chi connectivity index (χ2n) is 5.26. The number of ether oxygens (including phenoxy) is 1. The van der Waals surface area contributed by atoms with Crippen molar-refractivity contribution in [3.8, 4) is 0 Å². The van der Waals surface area contributed by atoms with E-state index in [1.165, 1.54) is 0 Å². The quantitative estimate of drug-likeness (QED) is 0.826. The van der Waals surface area contributed by atoms with Crippen LogP contribution in [0.25, 0.3) is 0 Å². The molecule has 2 rings (SSSR count). The molecule has 0 saturated carbocycles. The SMILES string of the molecule is Cc1ccc(C2(F)CCOCC2)c(CN(C)C)n1. The van der Waals surface area contributed by atoms with Crippen LogP contribution in [-0.4, -0.2) is 37.2 Å². The van der Waals surface area contributed by atoms with Crippen LogP contribution in [-0.2, 0) is 17.0 Å². The smallest absolute Gasteiger partial charge is 0.142 e. The number of aromatic nitrogens is 1. The molecule has 4 heteroatoms. The molecule has 1 aromatic heterocycles. The lowest BCUT2D eigenvalue weighted by atomic mass is 9.87. The van der Waals surface area contributed by atoms with Gasteiger partial charge < -0.3 is 9.64 Å². The summed E-state index contributed by atoms with van der Waals surface area (Å²) in [6.45, 7) is 3.60. The van der Waals surface area contributed by atoms with Crippen LogP contribution < -0.4 is 0 Å². The van der Waals surface area contributed by atoms with E-state index in [0.29, 0.717) is 32.6 Å². The molecule has 1 aliphatic heterocycles.